The third-order valence-corrected chi connectivity index (χ3v) is 3.42. The van der Waals surface area contributed by atoms with Crippen LogP contribution in [0.1, 0.15) is 58.8 Å². The van der Waals surface area contributed by atoms with Crippen LogP contribution in [0.25, 0.3) is 0 Å². The van der Waals surface area contributed by atoms with Gasteiger partial charge >= 0.3 is 0 Å². The van der Waals surface area contributed by atoms with Crippen LogP contribution in [0.4, 0.5) is 0 Å². The first kappa shape index (κ1) is 14.0. The fourth-order valence-corrected chi connectivity index (χ4v) is 2.54. The average Bonchev–Trinajstić information content (AvgIpc) is 2.52. The van der Waals surface area contributed by atoms with Crippen LogP contribution in [0, 0.1) is 5.92 Å². The normalized spacial score (nSPS) is 26.6. The quantitative estimate of drug-likeness (QED) is 0.532. The fraction of sp³-hybridized carbons (Fsp3) is 1.00. The zero-order valence-electron chi connectivity index (χ0n) is 11.1. The standard InChI is InChI=1S/C14H29NO/c1-3-9-15-14-8-6-5-7-13(11-14)12-16-10-4-2/h13-15H,3-12H2,1-2H3. The van der Waals surface area contributed by atoms with Crippen molar-refractivity contribution in [2.24, 2.45) is 5.92 Å². The molecule has 0 aliphatic heterocycles. The molecule has 0 aromatic rings. The lowest BCUT2D eigenvalue weighted by atomic mass is 9.99. The minimum atomic E-state index is 0.748. The minimum Gasteiger partial charge on any atom is -0.381 e. The molecule has 96 valence electrons. The molecule has 2 heteroatoms. The van der Waals surface area contributed by atoms with E-state index >= 15 is 0 Å². The number of hydrogen-bond donors (Lipinski definition) is 1. The van der Waals surface area contributed by atoms with Crippen molar-refractivity contribution in [2.75, 3.05) is 19.8 Å². The van der Waals surface area contributed by atoms with Crippen LogP contribution >= 0.6 is 0 Å². The van der Waals surface area contributed by atoms with Gasteiger partial charge in [0, 0.05) is 19.3 Å². The van der Waals surface area contributed by atoms with Crippen molar-refractivity contribution in [2.45, 2.75) is 64.8 Å². The Kier molecular flexibility index (Phi) is 7.87. The summed E-state index contributed by atoms with van der Waals surface area (Å²) in [6.07, 6.45) is 9.23. The zero-order chi connectivity index (χ0) is 11.6. The molecular formula is C14H29NO. The molecule has 1 N–H and O–H groups in total. The van der Waals surface area contributed by atoms with Gasteiger partial charge in [0.25, 0.3) is 0 Å². The molecule has 0 aromatic carbocycles. The Morgan fingerprint density at radius 1 is 1.12 bits per heavy atom. The first-order valence-corrected chi connectivity index (χ1v) is 7.18. The maximum Gasteiger partial charge on any atom is 0.0494 e. The van der Waals surface area contributed by atoms with Crippen LogP contribution in [0.3, 0.4) is 0 Å². The van der Waals surface area contributed by atoms with Crippen LogP contribution in [-0.2, 0) is 4.74 Å². The second kappa shape index (κ2) is 9.00. The first-order valence-electron chi connectivity index (χ1n) is 7.18. The molecule has 1 aliphatic rings. The highest BCUT2D eigenvalue weighted by atomic mass is 16.5. The van der Waals surface area contributed by atoms with Crippen LogP contribution < -0.4 is 5.32 Å². The van der Waals surface area contributed by atoms with Crippen molar-refractivity contribution in [1.82, 2.24) is 5.32 Å². The third kappa shape index (κ3) is 5.86. The monoisotopic (exact) mass is 227 g/mol. The topological polar surface area (TPSA) is 21.3 Å². The first-order chi connectivity index (χ1) is 7.86. The van der Waals surface area contributed by atoms with Gasteiger partial charge in [-0.05, 0) is 44.6 Å². The highest BCUT2D eigenvalue weighted by Crippen LogP contribution is 2.23. The maximum atomic E-state index is 5.70. The summed E-state index contributed by atoms with van der Waals surface area (Å²) in [7, 11) is 0. The van der Waals surface area contributed by atoms with E-state index in [2.05, 4.69) is 19.2 Å². The van der Waals surface area contributed by atoms with Gasteiger partial charge in [-0.2, -0.15) is 0 Å². The second-order valence-electron chi connectivity index (χ2n) is 5.11. The van der Waals surface area contributed by atoms with E-state index in [0.29, 0.717) is 0 Å². The van der Waals surface area contributed by atoms with Gasteiger partial charge in [-0.3, -0.25) is 0 Å². The van der Waals surface area contributed by atoms with Crippen molar-refractivity contribution in [3.8, 4) is 0 Å². The van der Waals surface area contributed by atoms with Crippen molar-refractivity contribution >= 4 is 0 Å². The summed E-state index contributed by atoms with van der Waals surface area (Å²) in [5, 5.41) is 3.68. The molecule has 1 rings (SSSR count). The van der Waals surface area contributed by atoms with Gasteiger partial charge in [0.1, 0.15) is 0 Å². The van der Waals surface area contributed by atoms with Gasteiger partial charge in [0.2, 0.25) is 0 Å². The molecule has 0 aromatic heterocycles. The van der Waals surface area contributed by atoms with Gasteiger partial charge in [-0.25, -0.2) is 0 Å². The summed E-state index contributed by atoms with van der Waals surface area (Å²) < 4.78 is 5.70. The van der Waals surface area contributed by atoms with Crippen molar-refractivity contribution < 1.29 is 4.74 Å². The van der Waals surface area contributed by atoms with Crippen molar-refractivity contribution in [1.29, 1.82) is 0 Å². The SMILES string of the molecule is CCCNC1CCCCC(COCCC)C1. The summed E-state index contributed by atoms with van der Waals surface area (Å²) in [6, 6.07) is 0.748. The molecular weight excluding hydrogens is 198 g/mol. The Morgan fingerprint density at radius 3 is 2.69 bits per heavy atom. The summed E-state index contributed by atoms with van der Waals surface area (Å²) >= 11 is 0. The Balaban J connectivity index is 2.22. The molecule has 0 amide bonds. The van der Waals surface area contributed by atoms with Crippen molar-refractivity contribution in [3.63, 3.8) is 0 Å². The maximum absolute atomic E-state index is 5.70. The van der Waals surface area contributed by atoms with E-state index in [4.69, 9.17) is 4.74 Å². The second-order valence-corrected chi connectivity index (χ2v) is 5.11. The van der Waals surface area contributed by atoms with Crippen molar-refractivity contribution in [3.05, 3.63) is 0 Å². The van der Waals surface area contributed by atoms with Crippen LogP contribution in [-0.4, -0.2) is 25.8 Å². The number of nitrogens with one attached hydrogen (secondary N) is 1. The molecule has 1 fully saturated rings. The van der Waals surface area contributed by atoms with Gasteiger partial charge in [0.15, 0.2) is 0 Å². The lowest BCUT2D eigenvalue weighted by Crippen LogP contribution is -2.31. The van der Waals surface area contributed by atoms with Crippen LogP contribution in [0.15, 0.2) is 0 Å². The van der Waals surface area contributed by atoms with E-state index in [0.717, 1.165) is 31.6 Å². The Hall–Kier alpha value is -0.0800. The molecule has 1 saturated carbocycles. The van der Waals surface area contributed by atoms with E-state index in [-0.39, 0.29) is 0 Å². The number of ether oxygens (including phenoxy) is 1. The summed E-state index contributed by atoms with van der Waals surface area (Å²) in [5.41, 5.74) is 0. The molecule has 0 bridgehead atoms. The highest BCUT2D eigenvalue weighted by molar-refractivity contribution is 4.76. The molecule has 0 saturated heterocycles. The minimum absolute atomic E-state index is 0.748. The summed E-state index contributed by atoms with van der Waals surface area (Å²) in [6.45, 7) is 7.51. The third-order valence-electron chi connectivity index (χ3n) is 3.42. The molecule has 0 radical (unpaired) electrons. The van der Waals surface area contributed by atoms with Crippen LogP contribution in [0.2, 0.25) is 0 Å². The lowest BCUT2D eigenvalue weighted by molar-refractivity contribution is 0.0915. The molecule has 2 atom stereocenters. The number of rotatable bonds is 7. The smallest absolute Gasteiger partial charge is 0.0494 e. The predicted molar refractivity (Wildman–Crippen MR) is 69.8 cm³/mol. The Labute approximate surface area is 101 Å². The Bertz CT molecular complexity index is 161. The van der Waals surface area contributed by atoms with E-state index < -0.39 is 0 Å². The molecule has 0 spiro atoms. The molecule has 1 aliphatic carbocycles. The van der Waals surface area contributed by atoms with E-state index in [9.17, 15) is 0 Å². The van der Waals surface area contributed by atoms with Gasteiger partial charge in [-0.1, -0.05) is 26.7 Å². The Morgan fingerprint density at radius 2 is 1.94 bits per heavy atom. The fourth-order valence-electron chi connectivity index (χ4n) is 2.54. The predicted octanol–water partition coefficient (Wildman–Crippen LogP) is 3.36. The van der Waals surface area contributed by atoms with E-state index in [1.54, 1.807) is 0 Å². The molecule has 2 unspecified atom stereocenters. The van der Waals surface area contributed by atoms with Gasteiger partial charge in [0.05, 0.1) is 0 Å². The van der Waals surface area contributed by atoms with E-state index in [1.165, 1.54) is 45.1 Å². The highest BCUT2D eigenvalue weighted by Gasteiger charge is 2.19. The van der Waals surface area contributed by atoms with Crippen LogP contribution in [0.5, 0.6) is 0 Å². The largest absolute Gasteiger partial charge is 0.381 e. The zero-order valence-corrected chi connectivity index (χ0v) is 11.1. The molecule has 16 heavy (non-hydrogen) atoms. The van der Waals surface area contributed by atoms with Gasteiger partial charge < -0.3 is 10.1 Å². The molecule has 0 heterocycles. The average molecular weight is 227 g/mol. The van der Waals surface area contributed by atoms with Gasteiger partial charge in [-0.15, -0.1) is 0 Å². The van der Waals surface area contributed by atoms with E-state index in [1.807, 2.05) is 0 Å². The molecule has 2 nitrogen and oxygen atoms in total. The lowest BCUT2D eigenvalue weighted by Gasteiger charge is -2.21. The number of hydrogen-bond acceptors (Lipinski definition) is 2. The summed E-state index contributed by atoms with van der Waals surface area (Å²) in [4.78, 5) is 0. The summed E-state index contributed by atoms with van der Waals surface area (Å²) in [5.74, 6) is 0.795.